The van der Waals surface area contributed by atoms with Crippen molar-refractivity contribution in [2.24, 2.45) is 0 Å². The largest absolute Gasteiger partial charge is 0.344 e. The van der Waals surface area contributed by atoms with E-state index in [1.165, 1.54) is 18.5 Å². The summed E-state index contributed by atoms with van der Waals surface area (Å²) >= 11 is 0. The van der Waals surface area contributed by atoms with E-state index in [-0.39, 0.29) is 12.2 Å². The van der Waals surface area contributed by atoms with Crippen LogP contribution in [-0.2, 0) is 22.7 Å². The number of carbonyl (C=O) groups excluding carboxylic acids is 2. The van der Waals surface area contributed by atoms with Crippen LogP contribution in [0.15, 0.2) is 55.1 Å². The third-order valence-electron chi connectivity index (χ3n) is 3.86. The fourth-order valence-electron chi connectivity index (χ4n) is 2.44. The van der Waals surface area contributed by atoms with Crippen LogP contribution in [0.1, 0.15) is 16.7 Å². The number of nitrogens with one attached hydrogen (secondary N) is 2. The van der Waals surface area contributed by atoms with E-state index in [1.54, 1.807) is 24.0 Å². The standard InChI is InChI=1S/C19H18FN5O2/c1-13-2-7-16(20)17(8-13)24-19(27)18(26)22-9-14-3-5-15(6-4-14)10-25-12-21-11-23-25/h2-8,11-12H,9-10H2,1H3,(H,22,26)(H,24,27). The number of carbonyl (C=O) groups is 2. The normalized spacial score (nSPS) is 10.4. The van der Waals surface area contributed by atoms with Crippen LogP contribution in [0.5, 0.6) is 0 Å². The Bertz CT molecular complexity index is 939. The number of benzene rings is 2. The van der Waals surface area contributed by atoms with Crippen LogP contribution in [-0.4, -0.2) is 26.6 Å². The first-order valence-electron chi connectivity index (χ1n) is 8.27. The molecule has 1 aromatic heterocycles. The highest BCUT2D eigenvalue weighted by atomic mass is 19.1. The zero-order valence-electron chi connectivity index (χ0n) is 14.6. The summed E-state index contributed by atoms with van der Waals surface area (Å²) in [4.78, 5) is 27.7. The van der Waals surface area contributed by atoms with Gasteiger partial charge in [0.25, 0.3) is 0 Å². The van der Waals surface area contributed by atoms with E-state index in [0.29, 0.717) is 6.54 Å². The van der Waals surface area contributed by atoms with Gasteiger partial charge in [0.15, 0.2) is 0 Å². The van der Waals surface area contributed by atoms with Gasteiger partial charge in [-0.25, -0.2) is 14.1 Å². The van der Waals surface area contributed by atoms with E-state index in [2.05, 4.69) is 20.7 Å². The number of nitrogens with zero attached hydrogens (tertiary/aromatic N) is 3. The molecule has 2 aromatic carbocycles. The maximum absolute atomic E-state index is 13.7. The summed E-state index contributed by atoms with van der Waals surface area (Å²) in [5, 5.41) is 8.83. The molecule has 27 heavy (non-hydrogen) atoms. The maximum atomic E-state index is 13.7. The molecule has 0 unspecified atom stereocenters. The topological polar surface area (TPSA) is 88.9 Å². The summed E-state index contributed by atoms with van der Waals surface area (Å²) in [6, 6.07) is 11.8. The highest BCUT2D eigenvalue weighted by Crippen LogP contribution is 2.15. The first kappa shape index (κ1) is 18.2. The van der Waals surface area contributed by atoms with Crippen molar-refractivity contribution < 1.29 is 14.0 Å². The molecule has 7 nitrogen and oxygen atoms in total. The van der Waals surface area contributed by atoms with E-state index in [1.807, 2.05) is 24.3 Å². The average molecular weight is 367 g/mol. The Balaban J connectivity index is 1.52. The second kappa shape index (κ2) is 8.22. The third-order valence-corrected chi connectivity index (χ3v) is 3.86. The van der Waals surface area contributed by atoms with E-state index >= 15 is 0 Å². The van der Waals surface area contributed by atoms with Crippen LogP contribution < -0.4 is 10.6 Å². The van der Waals surface area contributed by atoms with Crippen molar-refractivity contribution in [1.29, 1.82) is 0 Å². The Kier molecular flexibility index (Phi) is 5.55. The monoisotopic (exact) mass is 367 g/mol. The van der Waals surface area contributed by atoms with Crippen LogP contribution in [0, 0.1) is 12.7 Å². The van der Waals surface area contributed by atoms with Crippen LogP contribution in [0.3, 0.4) is 0 Å². The molecular formula is C19H18FN5O2. The maximum Gasteiger partial charge on any atom is 0.313 e. The van der Waals surface area contributed by atoms with Crippen molar-refractivity contribution in [1.82, 2.24) is 20.1 Å². The minimum atomic E-state index is -0.915. The minimum absolute atomic E-state index is 0.0207. The second-order valence-corrected chi connectivity index (χ2v) is 6.03. The molecule has 3 rings (SSSR count). The van der Waals surface area contributed by atoms with E-state index < -0.39 is 17.6 Å². The lowest BCUT2D eigenvalue weighted by Crippen LogP contribution is -2.35. The van der Waals surface area contributed by atoms with Gasteiger partial charge in [0.05, 0.1) is 12.2 Å². The highest BCUT2D eigenvalue weighted by molar-refractivity contribution is 6.39. The lowest BCUT2D eigenvalue weighted by Gasteiger charge is -2.09. The molecule has 0 aliphatic rings. The molecule has 1 heterocycles. The van der Waals surface area contributed by atoms with Crippen molar-refractivity contribution >= 4 is 17.5 Å². The summed E-state index contributed by atoms with van der Waals surface area (Å²) in [6.45, 7) is 2.55. The Hall–Kier alpha value is -3.55. The SMILES string of the molecule is Cc1ccc(F)c(NC(=O)C(=O)NCc2ccc(Cn3cncn3)cc2)c1. The lowest BCUT2D eigenvalue weighted by atomic mass is 10.1. The molecule has 0 saturated heterocycles. The summed E-state index contributed by atoms with van der Waals surface area (Å²) < 4.78 is 15.4. The number of rotatable bonds is 5. The number of aryl methyl sites for hydroxylation is 1. The van der Waals surface area contributed by atoms with Gasteiger partial charge in [-0.2, -0.15) is 5.10 Å². The van der Waals surface area contributed by atoms with Gasteiger partial charge < -0.3 is 10.6 Å². The molecular weight excluding hydrogens is 349 g/mol. The molecule has 2 N–H and O–H groups in total. The lowest BCUT2D eigenvalue weighted by molar-refractivity contribution is -0.136. The first-order valence-corrected chi connectivity index (χ1v) is 8.27. The number of amides is 2. The molecule has 2 amide bonds. The summed E-state index contributed by atoms with van der Waals surface area (Å²) in [6.07, 6.45) is 3.10. The fraction of sp³-hybridized carbons (Fsp3) is 0.158. The van der Waals surface area contributed by atoms with E-state index in [0.717, 1.165) is 16.7 Å². The number of hydrogen-bond donors (Lipinski definition) is 2. The third kappa shape index (κ3) is 4.97. The molecule has 3 aromatic rings. The fourth-order valence-corrected chi connectivity index (χ4v) is 2.44. The first-order chi connectivity index (χ1) is 13.0. The van der Waals surface area contributed by atoms with Crippen LogP contribution in [0.2, 0.25) is 0 Å². The zero-order valence-corrected chi connectivity index (χ0v) is 14.6. The number of anilines is 1. The minimum Gasteiger partial charge on any atom is -0.344 e. The van der Waals surface area contributed by atoms with E-state index in [4.69, 9.17) is 0 Å². The van der Waals surface area contributed by atoms with Crippen molar-refractivity contribution in [2.45, 2.75) is 20.0 Å². The summed E-state index contributed by atoms with van der Waals surface area (Å²) in [5.74, 6) is -2.34. The second-order valence-electron chi connectivity index (χ2n) is 6.03. The number of aromatic nitrogens is 3. The molecule has 0 saturated carbocycles. The molecule has 0 aliphatic carbocycles. The molecule has 0 aliphatic heterocycles. The number of halogens is 1. The molecule has 138 valence electrons. The summed E-state index contributed by atoms with van der Waals surface area (Å²) in [7, 11) is 0. The Morgan fingerprint density at radius 2 is 1.81 bits per heavy atom. The Morgan fingerprint density at radius 1 is 1.07 bits per heavy atom. The highest BCUT2D eigenvalue weighted by Gasteiger charge is 2.15. The quantitative estimate of drug-likeness (QED) is 0.676. The van der Waals surface area contributed by atoms with Crippen LogP contribution >= 0.6 is 0 Å². The van der Waals surface area contributed by atoms with Crippen molar-refractivity contribution in [2.75, 3.05) is 5.32 Å². The summed E-state index contributed by atoms with van der Waals surface area (Å²) in [5.41, 5.74) is 2.62. The van der Waals surface area contributed by atoms with Crippen molar-refractivity contribution in [3.63, 3.8) is 0 Å². The van der Waals surface area contributed by atoms with Crippen molar-refractivity contribution in [3.8, 4) is 0 Å². The van der Waals surface area contributed by atoms with Gasteiger partial charge in [-0.1, -0.05) is 30.3 Å². The Labute approximate surface area is 155 Å². The van der Waals surface area contributed by atoms with Crippen LogP contribution in [0.25, 0.3) is 0 Å². The molecule has 0 fully saturated rings. The smallest absolute Gasteiger partial charge is 0.313 e. The average Bonchev–Trinajstić information content (AvgIpc) is 3.17. The van der Waals surface area contributed by atoms with Gasteiger partial charge in [0.2, 0.25) is 0 Å². The molecule has 0 radical (unpaired) electrons. The number of hydrogen-bond acceptors (Lipinski definition) is 4. The van der Waals surface area contributed by atoms with Crippen molar-refractivity contribution in [3.05, 3.63) is 77.6 Å². The predicted molar refractivity (Wildman–Crippen MR) is 97.2 cm³/mol. The van der Waals surface area contributed by atoms with Gasteiger partial charge in [0, 0.05) is 6.54 Å². The predicted octanol–water partition coefficient (Wildman–Crippen LogP) is 2.03. The molecule has 0 bridgehead atoms. The van der Waals surface area contributed by atoms with Gasteiger partial charge in [-0.15, -0.1) is 0 Å². The Morgan fingerprint density at radius 3 is 2.52 bits per heavy atom. The zero-order chi connectivity index (χ0) is 19.2. The van der Waals surface area contributed by atoms with Gasteiger partial charge in [0.1, 0.15) is 18.5 Å². The molecule has 8 heteroatoms. The molecule has 0 atom stereocenters. The van der Waals surface area contributed by atoms with Gasteiger partial charge in [-0.05, 0) is 35.7 Å². The van der Waals surface area contributed by atoms with Gasteiger partial charge in [-0.3, -0.25) is 9.59 Å². The molecule has 0 spiro atoms. The van der Waals surface area contributed by atoms with Gasteiger partial charge >= 0.3 is 11.8 Å². The van der Waals surface area contributed by atoms with Crippen LogP contribution in [0.4, 0.5) is 10.1 Å². The van der Waals surface area contributed by atoms with E-state index in [9.17, 15) is 14.0 Å².